The lowest BCUT2D eigenvalue weighted by Gasteiger charge is -2.39. The largest absolute Gasteiger partial charge is 1.00 e. The van der Waals surface area contributed by atoms with Gasteiger partial charge in [-0.3, -0.25) is 0 Å². The molecule has 3 heteroatoms. The summed E-state index contributed by atoms with van der Waals surface area (Å²) in [5.41, 5.74) is 0. The zero-order chi connectivity index (χ0) is 15.1. The Labute approximate surface area is 160 Å². The molecule has 0 radical (unpaired) electrons. The summed E-state index contributed by atoms with van der Waals surface area (Å²) in [6.07, 6.45) is 14.0. The number of rotatable bonds is 15. The Morgan fingerprint density at radius 1 is 0.571 bits per heavy atom. The highest BCUT2D eigenvalue weighted by atomic mass is 127. The molecule has 0 saturated heterocycles. The van der Waals surface area contributed by atoms with Gasteiger partial charge in [-0.25, -0.2) is 0 Å². The topological polar surface area (TPSA) is 0 Å². The first-order chi connectivity index (χ1) is 9.74. The van der Waals surface area contributed by atoms with Crippen molar-refractivity contribution in [2.75, 3.05) is 31.5 Å². The third kappa shape index (κ3) is 13.3. The maximum absolute atomic E-state index is 3.71. The molecule has 0 rings (SSSR count). The third-order valence-corrected chi connectivity index (χ3v) is 4.87. The predicted molar refractivity (Wildman–Crippen MR) is 96.7 cm³/mol. The Bertz CT molecular complexity index is 190. The summed E-state index contributed by atoms with van der Waals surface area (Å²) in [5, 5.41) is 1.17. The van der Waals surface area contributed by atoms with Crippen molar-refractivity contribution in [1.29, 1.82) is 0 Å². The van der Waals surface area contributed by atoms with E-state index in [0.717, 1.165) is 0 Å². The minimum atomic E-state index is 0. The summed E-state index contributed by atoms with van der Waals surface area (Å²) in [4.78, 5) is 0. The Morgan fingerprint density at radius 2 is 0.952 bits per heavy atom. The summed E-state index contributed by atoms with van der Waals surface area (Å²) >= 11 is 3.71. The number of alkyl halides is 1. The minimum Gasteiger partial charge on any atom is -1.00 e. The Kier molecular flexibility index (Phi) is 20.4. The number of quaternary nitrogens is 1. The standard InChI is InChI=1S/C18H39BrN.HI/c1-4-7-10-13-17-20(18-14-19,15-11-8-5-2)16-12-9-6-3;/h4-18H2,1-3H3;1H/q+1;/p-1. The minimum absolute atomic E-state index is 0. The van der Waals surface area contributed by atoms with Crippen LogP contribution in [-0.4, -0.2) is 36.0 Å². The van der Waals surface area contributed by atoms with E-state index in [1.54, 1.807) is 0 Å². The smallest absolute Gasteiger partial charge is 0.0885 e. The van der Waals surface area contributed by atoms with Gasteiger partial charge in [-0.15, -0.1) is 0 Å². The number of unbranched alkanes of at least 4 members (excludes halogenated alkanes) is 7. The normalized spacial score (nSPS) is 11.4. The molecule has 1 nitrogen and oxygen atoms in total. The van der Waals surface area contributed by atoms with Crippen LogP contribution in [0.3, 0.4) is 0 Å². The summed E-state index contributed by atoms with van der Waals surface area (Å²) in [7, 11) is 0. The van der Waals surface area contributed by atoms with E-state index < -0.39 is 0 Å². The van der Waals surface area contributed by atoms with Crippen LogP contribution in [0.25, 0.3) is 0 Å². The fraction of sp³-hybridized carbons (Fsp3) is 1.00. The van der Waals surface area contributed by atoms with Crippen LogP contribution in [0.15, 0.2) is 0 Å². The van der Waals surface area contributed by atoms with E-state index in [4.69, 9.17) is 0 Å². The molecule has 0 aliphatic carbocycles. The molecule has 0 atom stereocenters. The molecule has 0 aromatic carbocycles. The predicted octanol–water partition coefficient (Wildman–Crippen LogP) is 3.16. The number of halogens is 2. The summed E-state index contributed by atoms with van der Waals surface area (Å²) in [5.74, 6) is 0. The molecule has 0 bridgehead atoms. The van der Waals surface area contributed by atoms with E-state index in [-0.39, 0.29) is 24.0 Å². The van der Waals surface area contributed by atoms with Crippen molar-refractivity contribution in [2.45, 2.75) is 85.0 Å². The molecule has 0 aromatic heterocycles. The maximum atomic E-state index is 3.71. The molecule has 21 heavy (non-hydrogen) atoms. The van der Waals surface area contributed by atoms with Crippen LogP contribution in [0, 0.1) is 0 Å². The SMILES string of the molecule is CCCCCC[N+](CCBr)(CCCCC)CCCCC.[I-]. The van der Waals surface area contributed by atoms with E-state index in [1.807, 2.05) is 0 Å². The molecule has 0 spiro atoms. The van der Waals surface area contributed by atoms with Gasteiger partial charge in [0.15, 0.2) is 0 Å². The van der Waals surface area contributed by atoms with Crippen molar-refractivity contribution >= 4 is 15.9 Å². The molecule has 0 N–H and O–H groups in total. The molecule has 0 aliphatic heterocycles. The zero-order valence-electron chi connectivity index (χ0n) is 14.8. The molecular weight excluding hydrogens is 437 g/mol. The van der Waals surface area contributed by atoms with E-state index >= 15 is 0 Å². The molecule has 0 heterocycles. The van der Waals surface area contributed by atoms with Gasteiger partial charge in [0.1, 0.15) is 0 Å². The van der Waals surface area contributed by atoms with Gasteiger partial charge in [-0.2, -0.15) is 0 Å². The van der Waals surface area contributed by atoms with Crippen LogP contribution >= 0.6 is 15.9 Å². The average Bonchev–Trinajstić information content (AvgIpc) is 2.44. The highest BCUT2D eigenvalue weighted by molar-refractivity contribution is 9.09. The maximum Gasteiger partial charge on any atom is 0.0885 e. The van der Waals surface area contributed by atoms with Crippen molar-refractivity contribution in [3.8, 4) is 0 Å². The molecule has 130 valence electrons. The molecule has 0 aromatic rings. The van der Waals surface area contributed by atoms with Crippen LogP contribution in [0.2, 0.25) is 0 Å². The molecule has 0 amide bonds. The number of hydrogen-bond donors (Lipinski definition) is 0. The third-order valence-electron chi connectivity index (χ3n) is 4.52. The van der Waals surface area contributed by atoms with Crippen molar-refractivity contribution in [2.24, 2.45) is 0 Å². The van der Waals surface area contributed by atoms with E-state index in [2.05, 4.69) is 36.7 Å². The Hall–Kier alpha value is 1.17. The van der Waals surface area contributed by atoms with Gasteiger partial charge in [-0.1, -0.05) is 62.4 Å². The quantitative estimate of drug-likeness (QED) is 0.148. The first-order valence-corrected chi connectivity index (χ1v) is 10.3. The fourth-order valence-corrected chi connectivity index (χ4v) is 3.87. The summed E-state index contributed by atoms with van der Waals surface area (Å²) in [6.45, 7) is 12.5. The first kappa shape index (κ1) is 24.4. The van der Waals surface area contributed by atoms with E-state index in [0.29, 0.717) is 0 Å². The second-order valence-corrected chi connectivity index (χ2v) is 7.19. The monoisotopic (exact) mass is 475 g/mol. The summed E-state index contributed by atoms with van der Waals surface area (Å²) in [6, 6.07) is 0. The second-order valence-electron chi connectivity index (χ2n) is 6.40. The zero-order valence-corrected chi connectivity index (χ0v) is 18.6. The van der Waals surface area contributed by atoms with Crippen LogP contribution in [-0.2, 0) is 0 Å². The summed E-state index contributed by atoms with van der Waals surface area (Å²) < 4.78 is 1.38. The van der Waals surface area contributed by atoms with Gasteiger partial charge >= 0.3 is 0 Å². The molecule has 0 aliphatic rings. The first-order valence-electron chi connectivity index (χ1n) is 9.15. The van der Waals surface area contributed by atoms with Gasteiger partial charge in [-0.05, 0) is 38.5 Å². The van der Waals surface area contributed by atoms with Crippen LogP contribution in [0.1, 0.15) is 85.0 Å². The van der Waals surface area contributed by atoms with Crippen LogP contribution < -0.4 is 24.0 Å². The lowest BCUT2D eigenvalue weighted by Crippen LogP contribution is -3.00. The van der Waals surface area contributed by atoms with Crippen LogP contribution in [0.5, 0.6) is 0 Å². The Morgan fingerprint density at radius 3 is 1.33 bits per heavy atom. The highest BCUT2D eigenvalue weighted by Gasteiger charge is 2.25. The average molecular weight is 476 g/mol. The lowest BCUT2D eigenvalue weighted by molar-refractivity contribution is -0.926. The second kappa shape index (κ2) is 17.5. The van der Waals surface area contributed by atoms with Crippen molar-refractivity contribution in [1.82, 2.24) is 0 Å². The van der Waals surface area contributed by atoms with E-state index in [9.17, 15) is 0 Å². The Balaban J connectivity index is 0. The van der Waals surface area contributed by atoms with Crippen LogP contribution in [0.4, 0.5) is 0 Å². The van der Waals surface area contributed by atoms with E-state index in [1.165, 1.54) is 100 Å². The molecule has 0 saturated carbocycles. The van der Waals surface area contributed by atoms with Gasteiger partial charge < -0.3 is 28.5 Å². The molecule has 0 fully saturated rings. The van der Waals surface area contributed by atoms with Gasteiger partial charge in [0.25, 0.3) is 0 Å². The number of nitrogens with zero attached hydrogens (tertiary/aromatic N) is 1. The lowest BCUT2D eigenvalue weighted by atomic mass is 10.1. The van der Waals surface area contributed by atoms with Gasteiger partial charge in [0, 0.05) is 0 Å². The van der Waals surface area contributed by atoms with Crippen molar-refractivity contribution < 1.29 is 28.5 Å². The van der Waals surface area contributed by atoms with Crippen molar-refractivity contribution in [3.63, 3.8) is 0 Å². The highest BCUT2D eigenvalue weighted by Crippen LogP contribution is 2.17. The van der Waals surface area contributed by atoms with Gasteiger partial charge in [0.2, 0.25) is 0 Å². The van der Waals surface area contributed by atoms with Gasteiger partial charge in [0.05, 0.1) is 31.5 Å². The van der Waals surface area contributed by atoms with Crippen molar-refractivity contribution in [3.05, 3.63) is 0 Å². The molecular formula is C18H39BrIN. The fourth-order valence-electron chi connectivity index (χ4n) is 3.12. The molecule has 0 unspecified atom stereocenters. The number of hydrogen-bond acceptors (Lipinski definition) is 0.